The molecule has 2 rings (SSSR count). The Morgan fingerprint density at radius 3 is 2.67 bits per heavy atom. The molecule has 0 aromatic carbocycles. The minimum atomic E-state index is -0.885. The number of allylic oxidation sites excluding steroid dienone is 2. The number of fused-ring (bicyclic) bond motifs is 2. The number of esters is 1. The summed E-state index contributed by atoms with van der Waals surface area (Å²) in [6.07, 6.45) is 5.45. The number of ether oxygens (including phenoxy) is 1. The van der Waals surface area contributed by atoms with E-state index in [0.717, 1.165) is 6.42 Å². The molecule has 0 saturated heterocycles. The second-order valence-electron chi connectivity index (χ2n) is 4.27. The lowest BCUT2D eigenvalue weighted by Crippen LogP contribution is -2.39. The van der Waals surface area contributed by atoms with Crippen LogP contribution in [0, 0.1) is 23.7 Å². The Bertz CT molecular complexity index is 321. The largest absolute Gasteiger partial charge is 0.481 e. The van der Waals surface area contributed by atoms with Crippen LogP contribution in [-0.2, 0) is 14.3 Å². The first-order chi connectivity index (χ1) is 7.13. The quantitative estimate of drug-likeness (QED) is 0.547. The van der Waals surface area contributed by atoms with Gasteiger partial charge in [0.15, 0.2) is 0 Å². The van der Waals surface area contributed by atoms with Gasteiger partial charge in [0.1, 0.15) is 0 Å². The zero-order chi connectivity index (χ0) is 11.0. The second kappa shape index (κ2) is 3.68. The van der Waals surface area contributed by atoms with Crippen molar-refractivity contribution in [1.82, 2.24) is 0 Å². The highest BCUT2D eigenvalue weighted by molar-refractivity contribution is 5.82. The number of hydrogen-bond acceptors (Lipinski definition) is 3. The first-order valence-corrected chi connectivity index (χ1v) is 5.12. The standard InChI is InChI=1S/C11H14O4/c1-15-11(14)9-7-3-2-6(4-7)5-8(9)10(12)13/h2-3,6-9H,4-5H2,1H3,(H,12,13). The molecule has 82 valence electrons. The summed E-state index contributed by atoms with van der Waals surface area (Å²) in [7, 11) is 1.31. The van der Waals surface area contributed by atoms with Gasteiger partial charge in [-0.3, -0.25) is 9.59 Å². The van der Waals surface area contributed by atoms with Gasteiger partial charge in [-0.1, -0.05) is 12.2 Å². The molecule has 2 aliphatic carbocycles. The molecule has 2 aliphatic rings. The molecule has 0 aromatic rings. The predicted molar refractivity (Wildman–Crippen MR) is 52.0 cm³/mol. The van der Waals surface area contributed by atoms with E-state index < -0.39 is 23.8 Å². The summed E-state index contributed by atoms with van der Waals surface area (Å²) in [6.45, 7) is 0. The van der Waals surface area contributed by atoms with Gasteiger partial charge in [-0.25, -0.2) is 0 Å². The van der Waals surface area contributed by atoms with Crippen molar-refractivity contribution in [1.29, 1.82) is 0 Å². The van der Waals surface area contributed by atoms with E-state index in [1.165, 1.54) is 7.11 Å². The lowest BCUT2D eigenvalue weighted by atomic mass is 9.71. The molecule has 0 aromatic heterocycles. The van der Waals surface area contributed by atoms with Gasteiger partial charge in [-0.15, -0.1) is 0 Å². The monoisotopic (exact) mass is 210 g/mol. The summed E-state index contributed by atoms with van der Waals surface area (Å²) in [5, 5.41) is 9.08. The number of carbonyl (C=O) groups excluding carboxylic acids is 1. The molecule has 1 saturated carbocycles. The van der Waals surface area contributed by atoms with E-state index in [9.17, 15) is 9.59 Å². The van der Waals surface area contributed by atoms with Crippen LogP contribution >= 0.6 is 0 Å². The van der Waals surface area contributed by atoms with Gasteiger partial charge in [0.25, 0.3) is 0 Å². The van der Waals surface area contributed by atoms with Gasteiger partial charge in [-0.05, 0) is 24.7 Å². The zero-order valence-corrected chi connectivity index (χ0v) is 8.55. The molecule has 1 fully saturated rings. The summed E-state index contributed by atoms with van der Waals surface area (Å²) in [5.41, 5.74) is 0. The molecule has 2 bridgehead atoms. The van der Waals surface area contributed by atoms with Crippen molar-refractivity contribution in [3.63, 3.8) is 0 Å². The number of carboxylic acid groups (broad SMARTS) is 1. The van der Waals surface area contributed by atoms with Crippen LogP contribution in [0.2, 0.25) is 0 Å². The number of carboxylic acids is 1. The Hall–Kier alpha value is -1.32. The summed E-state index contributed by atoms with van der Waals surface area (Å²) < 4.78 is 4.68. The maximum atomic E-state index is 11.6. The first-order valence-electron chi connectivity index (χ1n) is 5.12. The number of rotatable bonds is 2. The minimum Gasteiger partial charge on any atom is -0.481 e. The molecule has 4 unspecified atom stereocenters. The van der Waals surface area contributed by atoms with Gasteiger partial charge in [0.05, 0.1) is 18.9 Å². The lowest BCUT2D eigenvalue weighted by Gasteiger charge is -2.32. The summed E-state index contributed by atoms with van der Waals surface area (Å²) in [5.74, 6) is -1.98. The molecule has 0 aliphatic heterocycles. The number of aliphatic carboxylic acids is 1. The van der Waals surface area contributed by atoms with Crippen LogP contribution in [0.1, 0.15) is 12.8 Å². The van der Waals surface area contributed by atoms with E-state index in [4.69, 9.17) is 5.11 Å². The highest BCUT2D eigenvalue weighted by Crippen LogP contribution is 2.44. The number of carbonyl (C=O) groups is 2. The van der Waals surface area contributed by atoms with Crippen LogP contribution in [0.25, 0.3) is 0 Å². The third-order valence-corrected chi connectivity index (χ3v) is 3.45. The Labute approximate surface area is 87.9 Å². The summed E-state index contributed by atoms with van der Waals surface area (Å²) >= 11 is 0. The minimum absolute atomic E-state index is 0.0531. The highest BCUT2D eigenvalue weighted by atomic mass is 16.5. The molecule has 4 atom stereocenters. The van der Waals surface area contributed by atoms with Crippen LogP contribution in [0.3, 0.4) is 0 Å². The topological polar surface area (TPSA) is 63.6 Å². The van der Waals surface area contributed by atoms with Crippen molar-refractivity contribution in [2.75, 3.05) is 7.11 Å². The number of methoxy groups -OCH3 is 1. The van der Waals surface area contributed by atoms with Crippen molar-refractivity contribution < 1.29 is 19.4 Å². The Morgan fingerprint density at radius 2 is 2.07 bits per heavy atom. The highest BCUT2D eigenvalue weighted by Gasteiger charge is 2.46. The predicted octanol–water partition coefficient (Wildman–Crippen LogP) is 1.07. The van der Waals surface area contributed by atoms with Gasteiger partial charge in [0.2, 0.25) is 0 Å². The maximum Gasteiger partial charge on any atom is 0.310 e. The van der Waals surface area contributed by atoms with E-state index in [1.54, 1.807) is 0 Å². The third-order valence-electron chi connectivity index (χ3n) is 3.45. The van der Waals surface area contributed by atoms with Crippen molar-refractivity contribution in [2.24, 2.45) is 23.7 Å². The van der Waals surface area contributed by atoms with Crippen molar-refractivity contribution in [3.8, 4) is 0 Å². The third kappa shape index (κ3) is 1.64. The molecule has 1 N–H and O–H groups in total. The van der Waals surface area contributed by atoms with Gasteiger partial charge in [-0.2, -0.15) is 0 Å². The van der Waals surface area contributed by atoms with Crippen LogP contribution in [-0.4, -0.2) is 24.2 Å². The molecule has 4 nitrogen and oxygen atoms in total. The summed E-state index contributed by atoms with van der Waals surface area (Å²) in [6, 6.07) is 0. The van der Waals surface area contributed by atoms with Crippen molar-refractivity contribution >= 4 is 11.9 Å². The second-order valence-corrected chi connectivity index (χ2v) is 4.27. The average Bonchev–Trinajstić information content (AvgIpc) is 2.59. The Balaban J connectivity index is 2.24. The molecule has 15 heavy (non-hydrogen) atoms. The van der Waals surface area contributed by atoms with E-state index >= 15 is 0 Å². The van der Waals surface area contributed by atoms with Crippen LogP contribution in [0.5, 0.6) is 0 Å². The Kier molecular flexibility index (Phi) is 2.50. The fourth-order valence-electron chi connectivity index (χ4n) is 2.75. The van der Waals surface area contributed by atoms with E-state index in [2.05, 4.69) is 4.74 Å². The van der Waals surface area contributed by atoms with Crippen LogP contribution in [0.4, 0.5) is 0 Å². The average molecular weight is 210 g/mol. The van der Waals surface area contributed by atoms with Gasteiger partial charge < -0.3 is 9.84 Å². The lowest BCUT2D eigenvalue weighted by molar-refractivity contribution is -0.159. The van der Waals surface area contributed by atoms with Crippen LogP contribution < -0.4 is 0 Å². The SMILES string of the molecule is COC(=O)C1C2C=CC(C2)CC1C(=O)O. The molecule has 0 radical (unpaired) electrons. The van der Waals surface area contributed by atoms with Crippen LogP contribution in [0.15, 0.2) is 12.2 Å². The number of hydrogen-bond donors (Lipinski definition) is 1. The first kappa shape index (κ1) is 10.2. The molecule has 0 amide bonds. The molecular weight excluding hydrogens is 196 g/mol. The van der Waals surface area contributed by atoms with Crippen molar-refractivity contribution in [3.05, 3.63) is 12.2 Å². The van der Waals surface area contributed by atoms with E-state index in [-0.39, 0.29) is 5.92 Å². The van der Waals surface area contributed by atoms with Gasteiger partial charge >= 0.3 is 11.9 Å². The zero-order valence-electron chi connectivity index (χ0n) is 8.55. The Morgan fingerprint density at radius 1 is 1.33 bits per heavy atom. The fraction of sp³-hybridized carbons (Fsp3) is 0.636. The molecule has 0 heterocycles. The maximum absolute atomic E-state index is 11.6. The summed E-state index contributed by atoms with van der Waals surface area (Å²) in [4.78, 5) is 22.6. The molecule has 4 heteroatoms. The van der Waals surface area contributed by atoms with E-state index in [0.29, 0.717) is 12.3 Å². The molecular formula is C11H14O4. The normalized spacial score (nSPS) is 37.7. The van der Waals surface area contributed by atoms with Crippen molar-refractivity contribution in [2.45, 2.75) is 12.8 Å². The van der Waals surface area contributed by atoms with Gasteiger partial charge in [0, 0.05) is 0 Å². The molecule has 0 spiro atoms. The smallest absolute Gasteiger partial charge is 0.310 e. The fourth-order valence-corrected chi connectivity index (χ4v) is 2.75. The van der Waals surface area contributed by atoms with E-state index in [1.807, 2.05) is 12.2 Å².